The molecule has 29 heavy (non-hydrogen) atoms. The van der Waals surface area contributed by atoms with Gasteiger partial charge < -0.3 is 0 Å². The van der Waals surface area contributed by atoms with Crippen LogP contribution in [0.1, 0.15) is 112 Å². The van der Waals surface area contributed by atoms with Crippen LogP contribution in [0.3, 0.4) is 0 Å². The van der Waals surface area contributed by atoms with Crippen LogP contribution in [0.5, 0.6) is 0 Å². The van der Waals surface area contributed by atoms with E-state index < -0.39 is 0 Å². The lowest BCUT2D eigenvalue weighted by Crippen LogP contribution is -2.56. The summed E-state index contributed by atoms with van der Waals surface area (Å²) in [5.74, 6) is 6.46. The molecule has 0 radical (unpaired) electrons. The monoisotopic (exact) mass is 400 g/mol. The Morgan fingerprint density at radius 2 is 1.59 bits per heavy atom. The lowest BCUT2D eigenvalue weighted by Gasteiger charge is -2.60. The summed E-state index contributed by atoms with van der Waals surface area (Å²) >= 11 is 0. The summed E-state index contributed by atoms with van der Waals surface area (Å²) in [7, 11) is 0. The van der Waals surface area contributed by atoms with Gasteiger partial charge in [-0.2, -0.15) is 0 Å². The molecule has 4 saturated carbocycles. The third kappa shape index (κ3) is 3.55. The Hall–Kier alpha value is -0.330. The van der Waals surface area contributed by atoms with Crippen LogP contribution < -0.4 is 0 Å². The fraction of sp³-hybridized carbons (Fsp3) is 0.964. The van der Waals surface area contributed by atoms with Crippen molar-refractivity contribution in [2.45, 2.75) is 112 Å². The molecule has 1 unspecified atom stereocenters. The van der Waals surface area contributed by atoms with Crippen LogP contribution in [0.2, 0.25) is 0 Å². The minimum Gasteiger partial charge on any atom is -0.299 e. The molecule has 4 aliphatic carbocycles. The van der Waals surface area contributed by atoms with Crippen molar-refractivity contribution in [3.8, 4) is 0 Å². The first-order valence-electron chi connectivity index (χ1n) is 13.2. The first-order chi connectivity index (χ1) is 13.7. The number of ketones is 1. The van der Waals surface area contributed by atoms with E-state index in [1.54, 1.807) is 0 Å². The smallest absolute Gasteiger partial charge is 0.136 e. The zero-order chi connectivity index (χ0) is 21.0. The summed E-state index contributed by atoms with van der Waals surface area (Å²) in [6, 6.07) is 0. The molecule has 0 heterocycles. The maximum atomic E-state index is 13.5. The van der Waals surface area contributed by atoms with Crippen molar-refractivity contribution >= 4 is 5.78 Å². The lowest BCUT2D eigenvalue weighted by molar-refractivity contribution is -0.156. The van der Waals surface area contributed by atoms with Crippen molar-refractivity contribution in [2.24, 2.45) is 58.2 Å². The highest BCUT2D eigenvalue weighted by atomic mass is 16.1. The largest absolute Gasteiger partial charge is 0.299 e. The van der Waals surface area contributed by atoms with Gasteiger partial charge in [0.25, 0.3) is 0 Å². The highest BCUT2D eigenvalue weighted by Gasteiger charge is 2.62. The summed E-state index contributed by atoms with van der Waals surface area (Å²) in [6.07, 6.45) is 14.6. The quantitative estimate of drug-likeness (QED) is 0.458. The molecule has 4 fully saturated rings. The Balaban J connectivity index is 1.51. The van der Waals surface area contributed by atoms with Crippen LogP contribution in [0.25, 0.3) is 0 Å². The van der Waals surface area contributed by atoms with Crippen LogP contribution in [0.4, 0.5) is 0 Å². The van der Waals surface area contributed by atoms with Crippen LogP contribution >= 0.6 is 0 Å². The van der Waals surface area contributed by atoms with Crippen molar-refractivity contribution in [2.75, 3.05) is 0 Å². The van der Waals surface area contributed by atoms with Crippen molar-refractivity contribution < 1.29 is 4.79 Å². The van der Waals surface area contributed by atoms with Gasteiger partial charge in [-0.05, 0) is 90.8 Å². The standard InChI is InChI=1S/C28H48O/c1-18(2)19(3)10-11-20(4)22-12-13-23-26-24(14-16-28(22,23)6)27(5)15-8-7-9-21(27)17-25(26)29/h18-24,26H,7-17H2,1-6H3/t19-,20+,21?,22+,23-,24-,26-,27-,28+/m0/s1. The van der Waals surface area contributed by atoms with Crippen LogP contribution in [0, 0.1) is 58.2 Å². The summed E-state index contributed by atoms with van der Waals surface area (Å²) in [5, 5.41) is 0. The van der Waals surface area contributed by atoms with Gasteiger partial charge >= 0.3 is 0 Å². The molecule has 4 aliphatic rings. The highest BCUT2D eigenvalue weighted by molar-refractivity contribution is 5.83. The molecule has 0 N–H and O–H groups in total. The molecule has 0 aromatic carbocycles. The predicted octanol–water partition coefficient (Wildman–Crippen LogP) is 7.92. The normalized spacial score (nSPS) is 46.7. The fourth-order valence-electron chi connectivity index (χ4n) is 9.00. The number of hydrogen-bond acceptors (Lipinski definition) is 1. The number of carbonyl (C=O) groups excluding carboxylic acids is 1. The minimum absolute atomic E-state index is 0.403. The van der Waals surface area contributed by atoms with Crippen LogP contribution in [-0.4, -0.2) is 5.78 Å². The van der Waals surface area contributed by atoms with Gasteiger partial charge in [0, 0.05) is 12.3 Å². The Bertz CT molecular complexity index is 607. The van der Waals surface area contributed by atoms with Crippen LogP contribution in [-0.2, 0) is 4.79 Å². The molecule has 166 valence electrons. The van der Waals surface area contributed by atoms with Crippen molar-refractivity contribution in [1.29, 1.82) is 0 Å². The first kappa shape index (κ1) is 21.9. The van der Waals surface area contributed by atoms with E-state index in [1.807, 2.05) is 0 Å². The Labute approximate surface area is 181 Å². The van der Waals surface area contributed by atoms with E-state index in [2.05, 4.69) is 41.5 Å². The van der Waals surface area contributed by atoms with E-state index in [0.717, 1.165) is 30.1 Å². The van der Waals surface area contributed by atoms with Crippen molar-refractivity contribution in [1.82, 2.24) is 0 Å². The average molecular weight is 401 g/mol. The maximum absolute atomic E-state index is 13.5. The molecule has 1 nitrogen and oxygen atoms in total. The topological polar surface area (TPSA) is 17.1 Å². The molecule has 0 bridgehead atoms. The van der Waals surface area contributed by atoms with E-state index in [-0.39, 0.29) is 0 Å². The van der Waals surface area contributed by atoms with E-state index in [9.17, 15) is 4.79 Å². The lowest BCUT2D eigenvalue weighted by atomic mass is 9.44. The fourth-order valence-corrected chi connectivity index (χ4v) is 9.00. The zero-order valence-corrected chi connectivity index (χ0v) is 20.3. The molecular weight excluding hydrogens is 352 g/mol. The molecule has 9 atom stereocenters. The molecule has 1 heteroatoms. The molecule has 0 amide bonds. The summed E-state index contributed by atoms with van der Waals surface area (Å²) in [4.78, 5) is 13.5. The Kier molecular flexibility index (Phi) is 6.02. The molecule has 4 rings (SSSR count). The van der Waals surface area contributed by atoms with Gasteiger partial charge in [-0.15, -0.1) is 0 Å². The molecule has 0 aromatic rings. The Morgan fingerprint density at radius 1 is 0.862 bits per heavy atom. The molecule has 0 saturated heterocycles. The minimum atomic E-state index is 0.403. The second-order valence-corrected chi connectivity index (χ2v) is 12.9. The molecule has 0 aromatic heterocycles. The van der Waals surface area contributed by atoms with Gasteiger partial charge in [0.05, 0.1) is 0 Å². The number of carbonyl (C=O) groups is 1. The van der Waals surface area contributed by atoms with Crippen molar-refractivity contribution in [3.63, 3.8) is 0 Å². The number of hydrogen-bond donors (Lipinski definition) is 0. The third-order valence-corrected chi connectivity index (χ3v) is 11.4. The second kappa shape index (κ2) is 7.98. The SMILES string of the molecule is CC(C)[C@@H](C)CC[C@@H](C)[C@H]1CC[C@H]2[C@@H]3C(=O)CC4CCCC[C@]4(C)[C@H]3CC[C@]12C. The van der Waals surface area contributed by atoms with E-state index in [0.29, 0.717) is 40.3 Å². The van der Waals surface area contributed by atoms with Crippen molar-refractivity contribution in [3.05, 3.63) is 0 Å². The number of fused-ring (bicyclic) bond motifs is 5. The Morgan fingerprint density at radius 3 is 2.31 bits per heavy atom. The molecule has 0 spiro atoms. The third-order valence-electron chi connectivity index (χ3n) is 11.4. The van der Waals surface area contributed by atoms with E-state index >= 15 is 0 Å². The number of Topliss-reactive ketones (excluding diaryl/α,β-unsaturated/α-hetero) is 1. The van der Waals surface area contributed by atoms with E-state index in [4.69, 9.17) is 0 Å². The molecular formula is C28H48O. The van der Waals surface area contributed by atoms with Gasteiger partial charge in [0.15, 0.2) is 0 Å². The summed E-state index contributed by atoms with van der Waals surface area (Å²) in [6.45, 7) is 14.9. The maximum Gasteiger partial charge on any atom is 0.136 e. The van der Waals surface area contributed by atoms with Gasteiger partial charge in [0.1, 0.15) is 5.78 Å². The number of rotatable bonds is 5. The predicted molar refractivity (Wildman–Crippen MR) is 123 cm³/mol. The zero-order valence-electron chi connectivity index (χ0n) is 20.3. The van der Waals surface area contributed by atoms with Crippen LogP contribution in [0.15, 0.2) is 0 Å². The highest BCUT2D eigenvalue weighted by Crippen LogP contribution is 2.67. The summed E-state index contributed by atoms with van der Waals surface area (Å²) < 4.78 is 0. The van der Waals surface area contributed by atoms with Gasteiger partial charge in [-0.1, -0.05) is 67.2 Å². The summed E-state index contributed by atoms with van der Waals surface area (Å²) in [5.41, 5.74) is 0.893. The van der Waals surface area contributed by atoms with Gasteiger partial charge in [-0.25, -0.2) is 0 Å². The van der Waals surface area contributed by atoms with E-state index in [1.165, 1.54) is 64.2 Å². The molecule has 0 aliphatic heterocycles. The first-order valence-corrected chi connectivity index (χ1v) is 13.2. The van der Waals surface area contributed by atoms with Gasteiger partial charge in [-0.3, -0.25) is 4.79 Å². The van der Waals surface area contributed by atoms with Gasteiger partial charge in [0.2, 0.25) is 0 Å². The average Bonchev–Trinajstić information content (AvgIpc) is 3.03. The second-order valence-electron chi connectivity index (χ2n) is 12.9.